The van der Waals surface area contributed by atoms with E-state index in [2.05, 4.69) is 34.5 Å². The minimum absolute atomic E-state index is 0. The summed E-state index contributed by atoms with van der Waals surface area (Å²) in [6.45, 7) is 2.41. The van der Waals surface area contributed by atoms with Gasteiger partial charge in [-0.05, 0) is 44.5 Å². The molecule has 0 saturated heterocycles. The number of allylic oxidation sites excluding steroid dienone is 7. The van der Waals surface area contributed by atoms with Crippen LogP contribution in [-0.4, -0.2) is 22.5 Å². The van der Waals surface area contributed by atoms with E-state index in [1.807, 2.05) is 12.5 Å². The normalized spacial score (nSPS) is 26.2. The number of pyridine rings is 1. The standard InChI is InChI=1S/C18H18N2S.C12H16N.Ir/c1-11(2)10-19-13(4)14-6-5-7-15-16-9-8-12(3)20-18(16)21-17(14)15;1-4-5-6-11(3)12-8-7-10(2)9-13-12;/h5,7-9,15,17H,1,4,10H2,2-3H3;4,6,9H,1,3,5,7-8H2,2H3;/q-2;-1;+3/i1D,2D3,3D3,4D;2D3;. The molecule has 2 unspecified atom stereocenters. The molecule has 4 rings (SSSR count). The minimum Gasteiger partial charge on any atom is -0.739 e. The molecule has 3 heterocycles. The molecule has 1 aliphatic carbocycles. The molecular weight excluding hydrogens is 627 g/mol. The number of aryl methyl sites for hydroxylation is 1. The molecule has 5 heteroatoms. The van der Waals surface area contributed by atoms with Gasteiger partial charge in [0.1, 0.15) is 0 Å². The van der Waals surface area contributed by atoms with Crippen LogP contribution in [0.2, 0.25) is 0 Å². The van der Waals surface area contributed by atoms with Gasteiger partial charge in [-0.3, -0.25) is 5.70 Å². The molecule has 0 spiro atoms. The van der Waals surface area contributed by atoms with Crippen molar-refractivity contribution in [2.45, 2.75) is 56.0 Å². The van der Waals surface area contributed by atoms with Gasteiger partial charge in [-0.2, -0.15) is 48.9 Å². The molecule has 0 N–H and O–H groups in total. The van der Waals surface area contributed by atoms with E-state index in [1.54, 1.807) is 18.2 Å². The van der Waals surface area contributed by atoms with E-state index in [9.17, 15) is 0 Å². The van der Waals surface area contributed by atoms with Crippen LogP contribution in [0.3, 0.4) is 0 Å². The number of fused-ring (bicyclic) bond motifs is 3. The van der Waals surface area contributed by atoms with Gasteiger partial charge in [0.2, 0.25) is 0 Å². The molecule has 2 aliphatic heterocycles. The van der Waals surface area contributed by atoms with Crippen LogP contribution in [-0.2, 0) is 20.1 Å². The van der Waals surface area contributed by atoms with Crippen LogP contribution in [0.25, 0.3) is 5.32 Å². The Morgan fingerprint density at radius 1 is 1.37 bits per heavy atom. The first-order valence-electron chi connectivity index (χ1n) is 16.4. The predicted octanol–water partition coefficient (Wildman–Crippen LogP) is 8.17. The Hall–Kier alpha value is -2.33. The summed E-state index contributed by atoms with van der Waals surface area (Å²) in [4.78, 5) is 8.47. The van der Waals surface area contributed by atoms with Crippen LogP contribution in [0, 0.1) is 19.3 Å². The number of hydrogen-bond donors (Lipinski definition) is 0. The smallest absolute Gasteiger partial charge is 0.739 e. The van der Waals surface area contributed by atoms with E-state index in [0.29, 0.717) is 29.0 Å². The van der Waals surface area contributed by atoms with Gasteiger partial charge in [0, 0.05) is 30.9 Å². The van der Waals surface area contributed by atoms with Crippen LogP contribution in [0.1, 0.15) is 65.2 Å². The van der Waals surface area contributed by atoms with Gasteiger partial charge in [0.15, 0.2) is 0 Å². The first-order valence-corrected chi connectivity index (χ1v) is 11.6. The number of aliphatic imine (C=N–C) groups is 1. The molecular formula is C30H34IrN3S. The number of nitrogens with zero attached hydrogens (tertiary/aromatic N) is 3. The topological polar surface area (TPSA) is 39.4 Å². The molecule has 3 nitrogen and oxygen atoms in total. The molecule has 3 aliphatic rings. The third-order valence-electron chi connectivity index (χ3n) is 5.25. The van der Waals surface area contributed by atoms with Crippen molar-refractivity contribution in [3.63, 3.8) is 0 Å². The second-order valence-electron chi connectivity index (χ2n) is 7.78. The van der Waals surface area contributed by atoms with E-state index in [4.69, 9.17) is 15.1 Å². The van der Waals surface area contributed by atoms with E-state index in [0.717, 1.165) is 36.4 Å². The second-order valence-corrected chi connectivity index (χ2v) is 8.91. The Balaban J connectivity index is 0.000000369. The van der Waals surface area contributed by atoms with Crippen molar-refractivity contribution < 1.29 is 35.2 Å². The first-order chi connectivity index (χ1) is 21.0. The summed E-state index contributed by atoms with van der Waals surface area (Å²) in [6.07, 6.45) is 13.9. The maximum Gasteiger partial charge on any atom is 3.00 e. The van der Waals surface area contributed by atoms with Crippen molar-refractivity contribution in [2.24, 2.45) is 4.99 Å². The van der Waals surface area contributed by atoms with E-state index in [1.165, 1.54) is 24.0 Å². The van der Waals surface area contributed by atoms with Gasteiger partial charge >= 0.3 is 20.1 Å². The van der Waals surface area contributed by atoms with E-state index >= 15 is 0 Å². The Morgan fingerprint density at radius 2 is 2.29 bits per heavy atom. The third kappa shape index (κ3) is 7.83. The molecule has 0 amide bonds. The summed E-state index contributed by atoms with van der Waals surface area (Å²) >= 11 is 1.39. The summed E-state index contributed by atoms with van der Waals surface area (Å²) in [5.41, 5.74) is 3.88. The largest absolute Gasteiger partial charge is 3.00 e. The monoisotopic (exact) mass is 672 g/mol. The summed E-state index contributed by atoms with van der Waals surface area (Å²) in [7, 11) is 0. The quantitative estimate of drug-likeness (QED) is 0.207. The zero-order valence-electron chi connectivity index (χ0n) is 30.2. The number of thioether (sulfide) groups is 1. The second kappa shape index (κ2) is 13.7. The maximum atomic E-state index is 7.73. The molecule has 0 saturated carbocycles. The number of hydrogen-bond acceptors (Lipinski definition) is 3. The van der Waals surface area contributed by atoms with Gasteiger partial charge in [-0.15, -0.1) is 31.4 Å². The first kappa shape index (κ1) is 16.4. The number of rotatable bonds is 8. The van der Waals surface area contributed by atoms with Crippen molar-refractivity contribution in [3.8, 4) is 0 Å². The summed E-state index contributed by atoms with van der Waals surface area (Å²) in [5, 5.41) is 4.69. The Labute approximate surface area is 244 Å². The van der Waals surface area contributed by atoms with E-state index in [-0.39, 0.29) is 54.8 Å². The molecule has 2 atom stereocenters. The van der Waals surface area contributed by atoms with Gasteiger partial charge in [-0.1, -0.05) is 41.8 Å². The minimum atomic E-state index is -2.42. The molecule has 35 heavy (non-hydrogen) atoms. The van der Waals surface area contributed by atoms with Crippen LogP contribution in [0.5, 0.6) is 0 Å². The number of aromatic nitrogens is 1. The van der Waals surface area contributed by atoms with Gasteiger partial charge in [-0.25, -0.2) is 4.98 Å². The molecule has 0 bridgehead atoms. The van der Waals surface area contributed by atoms with Gasteiger partial charge < -0.3 is 10.3 Å². The molecule has 0 aromatic carbocycles. The average Bonchev–Trinajstić information content (AvgIpc) is 3.35. The van der Waals surface area contributed by atoms with Crippen molar-refractivity contribution in [3.05, 3.63) is 120 Å². The Morgan fingerprint density at radius 3 is 2.97 bits per heavy atom. The Bertz CT molecular complexity index is 1470. The van der Waals surface area contributed by atoms with E-state index < -0.39 is 20.6 Å². The molecule has 184 valence electrons. The van der Waals surface area contributed by atoms with Crippen molar-refractivity contribution in [1.29, 1.82) is 0 Å². The molecule has 1 aromatic rings. The Kier molecular flexibility index (Phi) is 6.42. The average molecular weight is 672 g/mol. The molecule has 0 fully saturated rings. The van der Waals surface area contributed by atoms with Crippen LogP contribution in [0.4, 0.5) is 0 Å². The fourth-order valence-corrected chi connectivity index (χ4v) is 4.95. The van der Waals surface area contributed by atoms with Gasteiger partial charge in [0.05, 0.1) is 6.40 Å². The SMILES string of the molecule is [2H]C([2H])([2H])C1=CN=C(C(=C)[CH-]CC=C)CC1.[2H]C=C([N-]CC(=C[2H])C([2H])([2H])[2H])C1=[C-]C=CC2c3ccc(C([2H])([2H])[2H])nc3SC12.[Ir+3]. The van der Waals surface area contributed by atoms with Gasteiger partial charge in [0.25, 0.3) is 0 Å². The fourth-order valence-electron chi connectivity index (χ4n) is 3.52. The van der Waals surface area contributed by atoms with Crippen LogP contribution >= 0.6 is 11.8 Å². The summed E-state index contributed by atoms with van der Waals surface area (Å²) in [5.74, 6) is -0.0663. The molecule has 1 aromatic heterocycles. The van der Waals surface area contributed by atoms with Crippen molar-refractivity contribution in [1.82, 2.24) is 4.98 Å². The van der Waals surface area contributed by atoms with Crippen LogP contribution < -0.4 is 0 Å². The molecule has 0 radical (unpaired) electrons. The van der Waals surface area contributed by atoms with Crippen molar-refractivity contribution >= 4 is 17.5 Å². The predicted molar refractivity (Wildman–Crippen MR) is 148 cm³/mol. The zero-order valence-corrected chi connectivity index (χ0v) is 22.4. The summed E-state index contributed by atoms with van der Waals surface area (Å²) < 4.78 is 81.8. The third-order valence-corrected chi connectivity index (χ3v) is 6.58. The fraction of sp³-hybridized carbons (Fsp3) is 0.300. The van der Waals surface area contributed by atoms with Crippen molar-refractivity contribution in [2.75, 3.05) is 6.54 Å². The summed E-state index contributed by atoms with van der Waals surface area (Å²) in [6, 6.07) is 3.28. The van der Waals surface area contributed by atoms with Crippen LogP contribution in [0.15, 0.2) is 101 Å². The maximum absolute atomic E-state index is 7.73. The zero-order chi connectivity index (χ0) is 33.6.